The summed E-state index contributed by atoms with van der Waals surface area (Å²) in [6.07, 6.45) is 0. The van der Waals surface area contributed by atoms with Gasteiger partial charge in [0, 0.05) is 26.2 Å². The first-order valence-corrected chi connectivity index (χ1v) is 10.9. The Morgan fingerprint density at radius 3 is 2.34 bits per heavy atom. The largest absolute Gasteiger partial charge is 0.419 e. The highest BCUT2D eigenvalue weighted by Gasteiger charge is 2.32. The minimum absolute atomic E-state index is 0.0479. The van der Waals surface area contributed by atoms with Gasteiger partial charge in [0.05, 0.1) is 15.5 Å². The van der Waals surface area contributed by atoms with Gasteiger partial charge >= 0.3 is 0 Å². The maximum absolute atomic E-state index is 13.3. The van der Waals surface area contributed by atoms with Crippen LogP contribution in [0.3, 0.4) is 0 Å². The van der Waals surface area contributed by atoms with Crippen molar-refractivity contribution in [1.82, 2.24) is 9.88 Å². The Morgan fingerprint density at radius 1 is 1.03 bits per heavy atom. The van der Waals surface area contributed by atoms with Crippen molar-refractivity contribution in [2.75, 3.05) is 38.1 Å². The molecule has 1 aliphatic rings. The number of halogens is 2. The van der Waals surface area contributed by atoms with Gasteiger partial charge in [-0.25, -0.2) is 12.8 Å². The number of sulfone groups is 1. The fourth-order valence-corrected chi connectivity index (χ4v) is 4.70. The number of rotatable bonds is 4. The molecule has 0 saturated carbocycles. The van der Waals surface area contributed by atoms with Crippen LogP contribution in [0.25, 0.3) is 11.5 Å². The Morgan fingerprint density at radius 2 is 1.69 bits per heavy atom. The lowest BCUT2D eigenvalue weighted by Crippen LogP contribution is -2.44. The quantitative estimate of drug-likeness (QED) is 0.582. The minimum Gasteiger partial charge on any atom is -0.419 e. The summed E-state index contributed by atoms with van der Waals surface area (Å²) in [6, 6.07) is 11.6. The van der Waals surface area contributed by atoms with E-state index in [2.05, 4.69) is 9.88 Å². The molecule has 9 heteroatoms. The van der Waals surface area contributed by atoms with Gasteiger partial charge in [-0.05, 0) is 43.4 Å². The molecule has 2 heterocycles. The van der Waals surface area contributed by atoms with Crippen LogP contribution < -0.4 is 4.90 Å². The second-order valence-corrected chi connectivity index (χ2v) is 9.13. The molecule has 0 N–H and O–H groups in total. The maximum atomic E-state index is 13.3. The number of likely N-dealkylation sites (N-methyl/N-ethyl adjacent to an activating group) is 1. The van der Waals surface area contributed by atoms with E-state index in [1.54, 1.807) is 24.3 Å². The lowest BCUT2D eigenvalue weighted by Gasteiger charge is -2.32. The van der Waals surface area contributed by atoms with Gasteiger partial charge in [0.1, 0.15) is 5.82 Å². The zero-order chi connectivity index (χ0) is 20.6. The normalized spacial score (nSPS) is 15.6. The molecule has 0 unspecified atom stereocenters. The van der Waals surface area contributed by atoms with Gasteiger partial charge in [-0.15, -0.1) is 0 Å². The van der Waals surface area contributed by atoms with Gasteiger partial charge in [0.15, 0.2) is 0 Å². The SMILES string of the molecule is CN1CCN(c2oc(-c3ccccc3Cl)nc2S(=O)(=O)c2ccc(F)cc2)CC1. The molecule has 1 fully saturated rings. The molecule has 29 heavy (non-hydrogen) atoms. The second kappa shape index (κ2) is 7.78. The highest BCUT2D eigenvalue weighted by atomic mass is 35.5. The van der Waals surface area contributed by atoms with E-state index >= 15 is 0 Å². The van der Waals surface area contributed by atoms with Gasteiger partial charge in [0.25, 0.3) is 0 Å². The average molecular weight is 436 g/mol. The maximum Gasteiger partial charge on any atom is 0.236 e. The smallest absolute Gasteiger partial charge is 0.236 e. The van der Waals surface area contributed by atoms with Crippen LogP contribution in [0.15, 0.2) is 62.9 Å². The van der Waals surface area contributed by atoms with Crippen molar-refractivity contribution in [3.05, 3.63) is 59.4 Å². The van der Waals surface area contributed by atoms with E-state index < -0.39 is 15.7 Å². The molecule has 0 bridgehead atoms. The summed E-state index contributed by atoms with van der Waals surface area (Å²) in [6.45, 7) is 2.72. The Hall–Kier alpha value is -2.42. The van der Waals surface area contributed by atoms with E-state index in [0.717, 1.165) is 25.2 Å². The van der Waals surface area contributed by atoms with Gasteiger partial charge in [-0.1, -0.05) is 23.7 Å². The topological polar surface area (TPSA) is 66.7 Å². The summed E-state index contributed by atoms with van der Waals surface area (Å²) < 4.78 is 45.8. The van der Waals surface area contributed by atoms with Gasteiger partial charge < -0.3 is 14.2 Å². The fraction of sp³-hybridized carbons (Fsp3) is 0.250. The van der Waals surface area contributed by atoms with Crippen molar-refractivity contribution in [1.29, 1.82) is 0 Å². The lowest BCUT2D eigenvalue weighted by molar-refractivity contribution is 0.305. The first kappa shape index (κ1) is 19.9. The fourth-order valence-electron chi connectivity index (χ4n) is 3.16. The number of anilines is 1. The Bertz CT molecular complexity index is 1120. The molecule has 0 aliphatic carbocycles. The molecule has 0 atom stereocenters. The highest BCUT2D eigenvalue weighted by Crippen LogP contribution is 2.37. The molecule has 1 aromatic heterocycles. The van der Waals surface area contributed by atoms with Crippen LogP contribution in [0.4, 0.5) is 10.3 Å². The van der Waals surface area contributed by atoms with E-state index in [1.807, 2.05) is 11.9 Å². The Balaban J connectivity index is 1.85. The Kier molecular flexibility index (Phi) is 5.33. The van der Waals surface area contributed by atoms with Crippen molar-refractivity contribution >= 4 is 27.3 Å². The van der Waals surface area contributed by atoms with Crippen LogP contribution in [-0.2, 0) is 9.84 Å². The van der Waals surface area contributed by atoms with Crippen molar-refractivity contribution in [3.8, 4) is 11.5 Å². The number of hydrogen-bond donors (Lipinski definition) is 0. The second-order valence-electron chi connectivity index (χ2n) is 6.86. The summed E-state index contributed by atoms with van der Waals surface area (Å²) in [4.78, 5) is 8.28. The van der Waals surface area contributed by atoms with Crippen molar-refractivity contribution in [3.63, 3.8) is 0 Å². The third kappa shape index (κ3) is 3.88. The van der Waals surface area contributed by atoms with Crippen LogP contribution in [-0.4, -0.2) is 51.5 Å². The molecule has 0 spiro atoms. The van der Waals surface area contributed by atoms with E-state index in [9.17, 15) is 12.8 Å². The molecular formula is C20H19ClFN3O3S. The molecule has 1 aliphatic heterocycles. The van der Waals surface area contributed by atoms with Crippen molar-refractivity contribution < 1.29 is 17.2 Å². The third-order valence-electron chi connectivity index (χ3n) is 4.85. The van der Waals surface area contributed by atoms with E-state index in [1.165, 1.54) is 12.1 Å². The summed E-state index contributed by atoms with van der Waals surface area (Å²) in [7, 11) is -2.02. The zero-order valence-electron chi connectivity index (χ0n) is 15.7. The predicted octanol–water partition coefficient (Wildman–Crippen LogP) is 3.72. The zero-order valence-corrected chi connectivity index (χ0v) is 17.3. The minimum atomic E-state index is -4.02. The van der Waals surface area contributed by atoms with Crippen LogP contribution in [0.5, 0.6) is 0 Å². The molecule has 3 aromatic rings. The molecule has 0 radical (unpaired) electrons. The Labute approximate surface area is 173 Å². The molecule has 1 saturated heterocycles. The van der Waals surface area contributed by atoms with Crippen LogP contribution >= 0.6 is 11.6 Å². The first-order chi connectivity index (χ1) is 13.9. The number of oxazole rings is 1. The van der Waals surface area contributed by atoms with Gasteiger partial charge in [-0.3, -0.25) is 0 Å². The van der Waals surface area contributed by atoms with Crippen molar-refractivity contribution in [2.45, 2.75) is 9.92 Å². The number of aromatic nitrogens is 1. The van der Waals surface area contributed by atoms with Crippen LogP contribution in [0.2, 0.25) is 5.02 Å². The molecule has 4 rings (SSSR count). The summed E-state index contributed by atoms with van der Waals surface area (Å²) >= 11 is 6.26. The molecule has 6 nitrogen and oxygen atoms in total. The van der Waals surface area contributed by atoms with E-state index in [-0.39, 0.29) is 21.7 Å². The first-order valence-electron chi connectivity index (χ1n) is 9.06. The number of benzene rings is 2. The van der Waals surface area contributed by atoms with Gasteiger partial charge in [0.2, 0.25) is 26.6 Å². The van der Waals surface area contributed by atoms with Crippen LogP contribution in [0, 0.1) is 5.82 Å². The van der Waals surface area contributed by atoms with E-state index in [4.69, 9.17) is 16.0 Å². The highest BCUT2D eigenvalue weighted by molar-refractivity contribution is 7.91. The van der Waals surface area contributed by atoms with Crippen LogP contribution in [0.1, 0.15) is 0 Å². The molecular weight excluding hydrogens is 417 g/mol. The number of piperazine rings is 1. The summed E-state index contributed by atoms with van der Waals surface area (Å²) in [5.41, 5.74) is 0.505. The standard InChI is InChI=1S/C20H19ClFN3O3S/c1-24-10-12-25(13-11-24)20-19(29(26,27)15-8-6-14(22)7-9-15)23-18(28-20)16-4-2-3-5-17(16)21/h2-9H,10-13H2,1H3. The number of hydrogen-bond acceptors (Lipinski definition) is 6. The van der Waals surface area contributed by atoms with Crippen molar-refractivity contribution in [2.24, 2.45) is 0 Å². The molecule has 0 amide bonds. The van der Waals surface area contributed by atoms with Gasteiger partial charge in [-0.2, -0.15) is 4.98 Å². The lowest BCUT2D eigenvalue weighted by atomic mass is 10.2. The van der Waals surface area contributed by atoms with E-state index in [0.29, 0.717) is 23.7 Å². The summed E-state index contributed by atoms with van der Waals surface area (Å²) in [5, 5.41) is 0.216. The summed E-state index contributed by atoms with van der Waals surface area (Å²) in [5.74, 6) is -0.206. The third-order valence-corrected chi connectivity index (χ3v) is 6.85. The molecule has 152 valence electrons. The predicted molar refractivity (Wildman–Crippen MR) is 109 cm³/mol. The average Bonchev–Trinajstić information content (AvgIpc) is 3.15. The molecule has 2 aromatic carbocycles. The number of nitrogens with zero attached hydrogens (tertiary/aromatic N) is 3. The monoisotopic (exact) mass is 435 g/mol.